The molecule has 0 atom stereocenters. The van der Waals surface area contributed by atoms with Crippen molar-refractivity contribution in [3.8, 4) is 0 Å². The maximum atomic E-state index is 12.8. The van der Waals surface area contributed by atoms with Gasteiger partial charge in [-0.1, -0.05) is 54.6 Å². The van der Waals surface area contributed by atoms with E-state index in [0.717, 1.165) is 0 Å². The lowest BCUT2D eigenvalue weighted by Gasteiger charge is -2.26. The molecule has 0 aliphatic heterocycles. The molecule has 1 aliphatic carbocycles. The molecule has 0 N–H and O–H groups in total. The first-order valence-corrected chi connectivity index (χ1v) is 6.51. The fourth-order valence-corrected chi connectivity index (χ4v) is 2.91. The molecule has 4 nitrogen and oxygen atoms in total. The highest BCUT2D eigenvalue weighted by Gasteiger charge is 2.53. The second-order valence-electron chi connectivity index (χ2n) is 5.02. The molecular weight excluding hydrogens is 268 g/mol. The van der Waals surface area contributed by atoms with E-state index < -0.39 is 29.4 Å². The Labute approximate surface area is 121 Å². The zero-order chi connectivity index (χ0) is 15.0. The zero-order valence-corrected chi connectivity index (χ0v) is 11.0. The Balaban J connectivity index is 2.26. The number of carbonyl (C=O) groups is 3. The van der Waals surface area contributed by atoms with Gasteiger partial charge in [0.1, 0.15) is 5.41 Å². The summed E-state index contributed by atoms with van der Waals surface area (Å²) in [4.78, 5) is 36.7. The fourth-order valence-electron chi connectivity index (χ4n) is 2.91. The molecule has 0 fully saturated rings. The Kier molecular flexibility index (Phi) is 2.94. The molecule has 4 heteroatoms. The normalized spacial score (nSPS) is 15.8. The minimum Gasteiger partial charge on any atom is -0.550 e. The third kappa shape index (κ3) is 1.80. The van der Waals surface area contributed by atoms with E-state index >= 15 is 0 Å². The Morgan fingerprint density at radius 3 is 1.81 bits per heavy atom. The van der Waals surface area contributed by atoms with Gasteiger partial charge in [0.25, 0.3) is 0 Å². The first-order valence-electron chi connectivity index (χ1n) is 6.51. The average molecular weight is 279 g/mol. The Bertz CT molecular complexity index is 711. The van der Waals surface area contributed by atoms with Crippen LogP contribution >= 0.6 is 0 Å². The van der Waals surface area contributed by atoms with Crippen molar-refractivity contribution in [2.75, 3.05) is 0 Å². The van der Waals surface area contributed by atoms with Gasteiger partial charge >= 0.3 is 0 Å². The van der Waals surface area contributed by atoms with Gasteiger partial charge in [-0.15, -0.1) is 0 Å². The Hall–Kier alpha value is -2.75. The molecule has 1 aliphatic rings. The van der Waals surface area contributed by atoms with Crippen molar-refractivity contribution in [1.29, 1.82) is 0 Å². The van der Waals surface area contributed by atoms with Gasteiger partial charge in [-0.25, -0.2) is 0 Å². The lowest BCUT2D eigenvalue weighted by molar-refractivity contribution is -0.306. The van der Waals surface area contributed by atoms with Gasteiger partial charge in [-0.2, -0.15) is 0 Å². The molecule has 104 valence electrons. The van der Waals surface area contributed by atoms with Gasteiger partial charge in [0, 0.05) is 23.5 Å². The van der Waals surface area contributed by atoms with Crippen molar-refractivity contribution in [1.82, 2.24) is 0 Å². The number of carboxylic acid groups (broad SMARTS) is 1. The summed E-state index contributed by atoms with van der Waals surface area (Å²) in [5.41, 5.74) is -0.773. The predicted octanol–water partition coefficient (Wildman–Crippen LogP) is 1.14. The van der Waals surface area contributed by atoms with Crippen molar-refractivity contribution >= 4 is 17.5 Å². The molecule has 0 amide bonds. The summed E-state index contributed by atoms with van der Waals surface area (Å²) in [5.74, 6) is -2.37. The molecule has 0 saturated heterocycles. The maximum absolute atomic E-state index is 12.8. The monoisotopic (exact) mass is 279 g/mol. The number of rotatable bonds is 3. The fraction of sp³-hybridized carbons (Fsp3) is 0.118. The molecular formula is C17H11O4-. The topological polar surface area (TPSA) is 74.3 Å². The van der Waals surface area contributed by atoms with Crippen molar-refractivity contribution in [2.45, 2.75) is 11.8 Å². The number of hydrogen-bond donors (Lipinski definition) is 0. The number of Topliss-reactive ketones (excluding diaryl/α,β-unsaturated/α-hetero) is 2. The largest absolute Gasteiger partial charge is 0.550 e. The smallest absolute Gasteiger partial charge is 0.182 e. The standard InChI is InChI=1S/C17H12O4/c18-14(19)10-17(11-6-2-1-3-7-11)15(20)12-8-4-5-9-13(12)16(17)21/h1-9H,10H2,(H,18,19)/p-1. The van der Waals surface area contributed by atoms with E-state index in [1.54, 1.807) is 54.6 Å². The van der Waals surface area contributed by atoms with Crippen molar-refractivity contribution in [3.63, 3.8) is 0 Å². The van der Waals surface area contributed by atoms with E-state index in [1.807, 2.05) is 0 Å². The molecule has 2 aromatic rings. The van der Waals surface area contributed by atoms with Crippen LogP contribution in [0.4, 0.5) is 0 Å². The van der Waals surface area contributed by atoms with Crippen LogP contribution < -0.4 is 5.11 Å². The molecule has 0 bridgehead atoms. The van der Waals surface area contributed by atoms with Crippen LogP contribution in [-0.4, -0.2) is 17.5 Å². The molecule has 0 saturated carbocycles. The minimum absolute atomic E-state index is 0.271. The van der Waals surface area contributed by atoms with Crippen LogP contribution in [0.1, 0.15) is 32.7 Å². The van der Waals surface area contributed by atoms with Crippen LogP contribution in [0.2, 0.25) is 0 Å². The van der Waals surface area contributed by atoms with E-state index in [9.17, 15) is 19.5 Å². The zero-order valence-electron chi connectivity index (χ0n) is 11.0. The van der Waals surface area contributed by atoms with Gasteiger partial charge in [-0.05, 0) is 5.56 Å². The average Bonchev–Trinajstić information content (AvgIpc) is 2.71. The van der Waals surface area contributed by atoms with Crippen LogP contribution in [0, 0.1) is 0 Å². The highest BCUT2D eigenvalue weighted by atomic mass is 16.4. The van der Waals surface area contributed by atoms with Crippen molar-refractivity contribution < 1.29 is 19.5 Å². The Morgan fingerprint density at radius 1 is 0.857 bits per heavy atom. The van der Waals surface area contributed by atoms with Crippen LogP contribution in [-0.2, 0) is 10.2 Å². The lowest BCUT2D eigenvalue weighted by Crippen LogP contribution is -2.44. The number of ketones is 2. The summed E-state index contributed by atoms with van der Waals surface area (Å²) < 4.78 is 0. The predicted molar refractivity (Wildman–Crippen MR) is 72.8 cm³/mol. The molecule has 0 radical (unpaired) electrons. The molecule has 0 heterocycles. The van der Waals surface area contributed by atoms with E-state index in [4.69, 9.17) is 0 Å². The van der Waals surface area contributed by atoms with Gasteiger partial charge < -0.3 is 9.90 Å². The summed E-state index contributed by atoms with van der Waals surface area (Å²) >= 11 is 0. The molecule has 3 rings (SSSR count). The summed E-state index contributed by atoms with van der Waals surface area (Å²) in [6.07, 6.45) is -0.649. The molecule has 0 aromatic heterocycles. The lowest BCUT2D eigenvalue weighted by atomic mass is 9.73. The number of carbonyl (C=O) groups excluding carboxylic acids is 3. The van der Waals surface area contributed by atoms with Crippen LogP contribution in [0.25, 0.3) is 0 Å². The van der Waals surface area contributed by atoms with Crippen molar-refractivity contribution in [2.24, 2.45) is 0 Å². The van der Waals surface area contributed by atoms with Gasteiger partial charge in [-0.3, -0.25) is 9.59 Å². The van der Waals surface area contributed by atoms with Crippen LogP contribution in [0.15, 0.2) is 54.6 Å². The number of aliphatic carboxylic acids is 1. The molecule has 2 aromatic carbocycles. The minimum atomic E-state index is -1.70. The van der Waals surface area contributed by atoms with E-state index in [0.29, 0.717) is 5.56 Å². The third-order valence-corrected chi connectivity index (χ3v) is 3.87. The van der Waals surface area contributed by atoms with Crippen molar-refractivity contribution in [3.05, 3.63) is 71.3 Å². The van der Waals surface area contributed by atoms with Crippen LogP contribution in [0.3, 0.4) is 0 Å². The molecule has 21 heavy (non-hydrogen) atoms. The quantitative estimate of drug-likeness (QED) is 0.790. The van der Waals surface area contributed by atoms with Gasteiger partial charge in [0.2, 0.25) is 0 Å². The van der Waals surface area contributed by atoms with Crippen LogP contribution in [0.5, 0.6) is 0 Å². The molecule has 0 unspecified atom stereocenters. The SMILES string of the molecule is O=C([O-])CC1(c2ccccc2)C(=O)c2ccccc2C1=O. The second-order valence-corrected chi connectivity index (χ2v) is 5.02. The summed E-state index contributed by atoms with van der Waals surface area (Å²) in [6.45, 7) is 0. The third-order valence-electron chi connectivity index (χ3n) is 3.87. The summed E-state index contributed by atoms with van der Waals surface area (Å²) in [6, 6.07) is 14.7. The van der Waals surface area contributed by atoms with E-state index in [2.05, 4.69) is 0 Å². The number of benzene rings is 2. The number of carboxylic acids is 1. The molecule has 0 spiro atoms. The summed E-state index contributed by atoms with van der Waals surface area (Å²) in [7, 11) is 0. The van der Waals surface area contributed by atoms with E-state index in [1.165, 1.54) is 0 Å². The maximum Gasteiger partial charge on any atom is 0.182 e. The first kappa shape index (κ1) is 13.2. The number of hydrogen-bond acceptors (Lipinski definition) is 4. The first-order chi connectivity index (χ1) is 10.1. The van der Waals surface area contributed by atoms with Gasteiger partial charge in [0.15, 0.2) is 11.6 Å². The number of fused-ring (bicyclic) bond motifs is 1. The van der Waals surface area contributed by atoms with E-state index in [-0.39, 0.29) is 11.1 Å². The Morgan fingerprint density at radius 2 is 1.33 bits per heavy atom. The van der Waals surface area contributed by atoms with Gasteiger partial charge in [0.05, 0.1) is 0 Å². The summed E-state index contributed by atoms with van der Waals surface area (Å²) in [5, 5.41) is 11.2. The second kappa shape index (κ2) is 4.66. The highest BCUT2D eigenvalue weighted by molar-refractivity contribution is 6.34. The highest BCUT2D eigenvalue weighted by Crippen LogP contribution is 2.41.